The summed E-state index contributed by atoms with van der Waals surface area (Å²) in [7, 11) is 0. The number of benzene rings is 1. The minimum atomic E-state index is 0.141. The summed E-state index contributed by atoms with van der Waals surface area (Å²) in [6.07, 6.45) is 20.6. The van der Waals surface area contributed by atoms with E-state index in [-0.39, 0.29) is 5.75 Å². The van der Waals surface area contributed by atoms with Crippen LogP contribution in [0.3, 0.4) is 0 Å². The fraction of sp³-hybridized carbons (Fsp3) is 0.571. The summed E-state index contributed by atoms with van der Waals surface area (Å²) in [5, 5.41) is 11.2. The van der Waals surface area contributed by atoms with Crippen LogP contribution in [-0.2, 0) is 0 Å². The summed E-state index contributed by atoms with van der Waals surface area (Å²) in [5.41, 5.74) is 1.38. The highest BCUT2D eigenvalue weighted by molar-refractivity contribution is 8.01. The van der Waals surface area contributed by atoms with Crippen LogP contribution < -0.4 is 8.61 Å². The number of phenols is 1. The third kappa shape index (κ3) is 10.4. The molecule has 1 N–H and O–H groups in total. The fourth-order valence-electron chi connectivity index (χ4n) is 4.10. The van der Waals surface area contributed by atoms with Gasteiger partial charge in [0.1, 0.15) is 36.7 Å². The third-order valence-electron chi connectivity index (χ3n) is 6.17. The Morgan fingerprint density at radius 2 is 1.08 bits per heavy atom. The second kappa shape index (κ2) is 18.6. The van der Waals surface area contributed by atoms with Crippen molar-refractivity contribution in [3.8, 4) is 5.75 Å². The second-order valence-electron chi connectivity index (χ2n) is 9.31. The molecule has 9 nitrogen and oxygen atoms in total. The number of rotatable bonds is 20. The van der Waals surface area contributed by atoms with E-state index in [4.69, 9.17) is 0 Å². The predicted molar refractivity (Wildman–Crippen MR) is 164 cm³/mol. The molecule has 0 unspecified atom stereocenters. The zero-order valence-corrected chi connectivity index (χ0v) is 24.9. The fourth-order valence-corrected chi connectivity index (χ4v) is 6.15. The highest BCUT2D eigenvalue weighted by Crippen LogP contribution is 2.47. The van der Waals surface area contributed by atoms with Crippen molar-refractivity contribution in [1.82, 2.24) is 29.9 Å². The molecule has 1 aromatic carbocycles. The first-order valence-electron chi connectivity index (χ1n) is 14.2. The molecule has 11 heteroatoms. The topological polar surface area (TPSA) is 104 Å². The van der Waals surface area contributed by atoms with Gasteiger partial charge in [-0.25, -0.2) is 38.5 Å². The number of aromatic hydroxyl groups is 1. The average Bonchev–Trinajstić information content (AvgIpc) is 2.97. The molecular formula is C28H42N8OS2. The van der Waals surface area contributed by atoms with Gasteiger partial charge in [0.25, 0.3) is 0 Å². The number of anilines is 4. The number of nitrogens with zero attached hydrogens (tertiary/aromatic N) is 8. The van der Waals surface area contributed by atoms with E-state index in [1.807, 2.05) is 20.7 Å². The van der Waals surface area contributed by atoms with Crippen molar-refractivity contribution in [3.63, 3.8) is 0 Å². The first-order valence-corrected chi connectivity index (χ1v) is 16.1. The normalized spacial score (nSPS) is 11.0. The van der Waals surface area contributed by atoms with Crippen LogP contribution in [-0.4, -0.2) is 46.5 Å². The predicted octanol–water partition coefficient (Wildman–Crippen LogP) is 8.06. The van der Waals surface area contributed by atoms with E-state index >= 15 is 0 Å². The van der Waals surface area contributed by atoms with E-state index in [0.29, 0.717) is 17.6 Å². The van der Waals surface area contributed by atoms with Crippen molar-refractivity contribution < 1.29 is 5.11 Å². The van der Waals surface area contributed by atoms with Crippen LogP contribution in [0.15, 0.2) is 43.5 Å². The largest absolute Gasteiger partial charge is 0.506 e. The van der Waals surface area contributed by atoms with E-state index in [9.17, 15) is 5.11 Å². The number of hydrogen-bond acceptors (Lipinski definition) is 11. The summed E-state index contributed by atoms with van der Waals surface area (Å²) in [5.74, 6) is 2.92. The Kier molecular flexibility index (Phi) is 14.7. The van der Waals surface area contributed by atoms with Gasteiger partial charge in [-0.05, 0) is 48.9 Å². The van der Waals surface area contributed by atoms with Crippen molar-refractivity contribution in [2.24, 2.45) is 0 Å². The molecule has 212 valence electrons. The number of para-hydroxylation sites is 1. The molecule has 0 atom stereocenters. The minimum Gasteiger partial charge on any atom is -0.506 e. The van der Waals surface area contributed by atoms with Gasteiger partial charge in [-0.1, -0.05) is 84.1 Å². The molecule has 0 spiro atoms. The van der Waals surface area contributed by atoms with Crippen molar-refractivity contribution in [1.29, 1.82) is 0 Å². The maximum atomic E-state index is 11.2. The summed E-state index contributed by atoms with van der Waals surface area (Å²) in [6, 6.07) is 5.52. The molecule has 0 bridgehead atoms. The van der Waals surface area contributed by atoms with Crippen molar-refractivity contribution in [3.05, 3.63) is 43.5 Å². The Balaban J connectivity index is 1.84. The third-order valence-corrected chi connectivity index (χ3v) is 8.34. The molecule has 2 heterocycles. The zero-order valence-electron chi connectivity index (χ0n) is 23.3. The molecule has 2 aromatic heterocycles. The Morgan fingerprint density at radius 1 is 0.615 bits per heavy atom. The molecule has 0 saturated heterocycles. The average molecular weight is 571 g/mol. The highest BCUT2D eigenvalue weighted by Gasteiger charge is 2.26. The maximum absolute atomic E-state index is 11.2. The monoisotopic (exact) mass is 570 g/mol. The molecule has 0 radical (unpaired) electrons. The van der Waals surface area contributed by atoms with Gasteiger partial charge in [0.15, 0.2) is 0 Å². The van der Waals surface area contributed by atoms with Crippen molar-refractivity contribution in [2.45, 2.75) is 90.9 Å². The van der Waals surface area contributed by atoms with Crippen LogP contribution >= 0.6 is 23.9 Å². The van der Waals surface area contributed by atoms with Gasteiger partial charge < -0.3 is 5.11 Å². The quantitative estimate of drug-likeness (QED) is 0.105. The van der Waals surface area contributed by atoms with E-state index in [0.717, 1.165) is 30.0 Å². The van der Waals surface area contributed by atoms with Gasteiger partial charge in [0.2, 0.25) is 11.9 Å². The molecular weight excluding hydrogens is 528 g/mol. The molecule has 39 heavy (non-hydrogen) atoms. The molecule has 0 aliphatic rings. The van der Waals surface area contributed by atoms with E-state index < -0.39 is 0 Å². The minimum absolute atomic E-state index is 0.141. The van der Waals surface area contributed by atoms with E-state index in [2.05, 4.69) is 43.8 Å². The van der Waals surface area contributed by atoms with Crippen molar-refractivity contribution in [2.75, 3.05) is 20.1 Å². The smallest absolute Gasteiger partial charge is 0.243 e. The molecule has 0 fully saturated rings. The Morgan fingerprint density at radius 3 is 1.62 bits per heavy atom. The molecule has 3 aromatic rings. The van der Waals surface area contributed by atoms with Gasteiger partial charge in [0.05, 0.1) is 5.69 Å². The number of unbranched alkanes of at least 4 members (excludes halogenated alkanes) is 10. The molecule has 0 amide bonds. The van der Waals surface area contributed by atoms with E-state index in [1.165, 1.54) is 89.5 Å². The number of hydrogen-bond donors (Lipinski definition) is 1. The van der Waals surface area contributed by atoms with Gasteiger partial charge >= 0.3 is 0 Å². The van der Waals surface area contributed by atoms with Gasteiger partial charge in [-0.3, -0.25) is 0 Å². The van der Waals surface area contributed by atoms with Crippen molar-refractivity contribution >= 4 is 47.2 Å². The highest BCUT2D eigenvalue weighted by atomic mass is 32.2. The Labute approximate surface area is 242 Å². The van der Waals surface area contributed by atoms with Crippen LogP contribution in [0.25, 0.3) is 0 Å². The second-order valence-corrected chi connectivity index (χ2v) is 11.4. The van der Waals surface area contributed by atoms with Crippen LogP contribution in [0.5, 0.6) is 5.75 Å². The molecule has 0 aliphatic carbocycles. The summed E-state index contributed by atoms with van der Waals surface area (Å²) in [4.78, 5) is 25.7. The lowest BCUT2D eigenvalue weighted by molar-refractivity contribution is 0.477. The van der Waals surface area contributed by atoms with Gasteiger partial charge in [-0.15, -0.1) is 0 Å². The first kappa shape index (κ1) is 30.9. The van der Waals surface area contributed by atoms with Gasteiger partial charge in [0, 0.05) is 11.5 Å². The van der Waals surface area contributed by atoms with Crippen LogP contribution in [0.4, 0.5) is 23.3 Å². The molecule has 0 aliphatic heterocycles. The zero-order chi connectivity index (χ0) is 27.5. The SMILES string of the molecule is CCCCCCCCSN(c1ncncn1)c1cccc(O)c1N(SCCCCCCCC)c1ncncn1. The number of phenolic OH excluding ortho intramolecular Hbond substituents is 1. The standard InChI is InChI=1S/C28H42N8OS2/c1-3-5-7-9-11-13-18-38-35(27-31-20-29-21-32-27)24-16-15-17-25(37)26(24)36(28-33-22-30-23-34-28)39-19-14-12-10-8-6-4-2/h15-17,20-23,37H,3-14,18-19H2,1-2H3. The number of aromatic nitrogens is 6. The molecule has 3 rings (SSSR count). The maximum Gasteiger partial charge on any atom is 0.243 e. The lowest BCUT2D eigenvalue weighted by Gasteiger charge is -2.29. The summed E-state index contributed by atoms with van der Waals surface area (Å²) in [6.45, 7) is 4.47. The Hall–Kier alpha value is -2.66. The van der Waals surface area contributed by atoms with Crippen LogP contribution in [0.2, 0.25) is 0 Å². The van der Waals surface area contributed by atoms with Crippen LogP contribution in [0.1, 0.15) is 90.9 Å². The van der Waals surface area contributed by atoms with E-state index in [1.54, 1.807) is 30.0 Å². The summed E-state index contributed by atoms with van der Waals surface area (Å²) < 4.78 is 3.90. The lowest BCUT2D eigenvalue weighted by atomic mass is 10.1. The molecule has 0 saturated carbocycles. The summed E-state index contributed by atoms with van der Waals surface area (Å²) >= 11 is 3.25. The van der Waals surface area contributed by atoms with Gasteiger partial charge in [-0.2, -0.15) is 0 Å². The lowest BCUT2D eigenvalue weighted by Crippen LogP contribution is -2.18. The Bertz CT molecular complexity index is 1050. The van der Waals surface area contributed by atoms with Crippen LogP contribution in [0, 0.1) is 0 Å². The first-order chi connectivity index (χ1) is 19.3.